The van der Waals surface area contributed by atoms with E-state index < -0.39 is 27.6 Å². The molecule has 8 heteroatoms. The van der Waals surface area contributed by atoms with E-state index in [1.54, 1.807) is 0 Å². The minimum atomic E-state index is -2.26. The molecule has 0 saturated carbocycles. The Kier molecular flexibility index (Phi) is 5.48. The Morgan fingerprint density at radius 3 is 2.32 bits per heavy atom. The van der Waals surface area contributed by atoms with Gasteiger partial charge in [-0.05, 0) is 29.5 Å². The second-order valence-electron chi connectivity index (χ2n) is 4.90. The van der Waals surface area contributed by atoms with Crippen molar-refractivity contribution in [2.45, 2.75) is 30.1 Å². The van der Waals surface area contributed by atoms with Crippen LogP contribution in [-0.2, 0) is 28.6 Å². The van der Waals surface area contributed by atoms with E-state index >= 15 is 0 Å². The first kappa shape index (κ1) is 16.1. The maximum atomic E-state index is 11.3. The summed E-state index contributed by atoms with van der Waals surface area (Å²) >= 11 is -4.46. The molecule has 0 amide bonds. The van der Waals surface area contributed by atoms with Crippen LogP contribution in [0.15, 0.2) is 33.2 Å². The van der Waals surface area contributed by atoms with E-state index in [1.165, 1.54) is 18.2 Å². The second-order valence-corrected chi connectivity index (χ2v) is 6.80. The van der Waals surface area contributed by atoms with E-state index in [1.807, 2.05) is 13.8 Å². The number of rotatable bonds is 6. The predicted octanol–water partition coefficient (Wildman–Crippen LogP) is 2.18. The Morgan fingerprint density at radius 2 is 1.84 bits per heavy atom. The maximum absolute atomic E-state index is 11.3. The van der Waals surface area contributed by atoms with Gasteiger partial charge in [0.05, 0.1) is 16.3 Å². The van der Waals surface area contributed by atoms with E-state index in [-0.39, 0.29) is 16.3 Å². The van der Waals surface area contributed by atoms with Crippen LogP contribution >= 0.6 is 0 Å². The molecule has 19 heavy (non-hydrogen) atoms. The van der Waals surface area contributed by atoms with Gasteiger partial charge in [-0.3, -0.25) is 0 Å². The lowest BCUT2D eigenvalue weighted by Crippen LogP contribution is -2.19. The number of nitroso groups, excluding NO2 is 1. The first-order chi connectivity index (χ1) is 8.76. The zero-order chi connectivity index (χ0) is 14.6. The minimum absolute atomic E-state index is 0.0625. The van der Waals surface area contributed by atoms with Crippen molar-refractivity contribution in [2.75, 3.05) is 6.54 Å². The largest absolute Gasteiger partial charge is 0.302 e. The zero-order valence-electron chi connectivity index (χ0n) is 10.5. The molecular weight excluding hydrogens is 290 g/mol. The average molecular weight is 305 g/mol. The van der Waals surface area contributed by atoms with Gasteiger partial charge in [0.1, 0.15) is 0 Å². The SMILES string of the molecule is CC(C)(CN=O)Cc1ccc(S(=O)O)cc1S(=O)O. The third-order valence-electron chi connectivity index (χ3n) is 2.59. The van der Waals surface area contributed by atoms with Crippen molar-refractivity contribution >= 4 is 22.2 Å². The number of hydrogen-bond donors (Lipinski definition) is 2. The van der Waals surface area contributed by atoms with Crippen molar-refractivity contribution in [1.82, 2.24) is 0 Å². The fraction of sp³-hybridized carbons (Fsp3) is 0.455. The molecule has 0 bridgehead atoms. The normalized spacial score (nSPS) is 14.9. The topological polar surface area (TPSA) is 104 Å². The Balaban J connectivity index is 3.17. The summed E-state index contributed by atoms with van der Waals surface area (Å²) in [5.41, 5.74) is 0.110. The van der Waals surface area contributed by atoms with Crippen LogP contribution in [0, 0.1) is 10.3 Å². The van der Waals surface area contributed by atoms with Crippen LogP contribution < -0.4 is 0 Å². The summed E-state index contributed by atoms with van der Waals surface area (Å²) in [5, 5.41) is 2.85. The van der Waals surface area contributed by atoms with Gasteiger partial charge < -0.3 is 9.11 Å². The van der Waals surface area contributed by atoms with Crippen molar-refractivity contribution in [3.63, 3.8) is 0 Å². The van der Waals surface area contributed by atoms with Gasteiger partial charge in [0, 0.05) is 0 Å². The van der Waals surface area contributed by atoms with Crippen molar-refractivity contribution < 1.29 is 17.5 Å². The molecule has 0 fully saturated rings. The molecule has 2 N–H and O–H groups in total. The molecule has 0 aromatic heterocycles. The maximum Gasteiger partial charge on any atom is 0.186 e. The molecule has 6 nitrogen and oxygen atoms in total. The van der Waals surface area contributed by atoms with Gasteiger partial charge in [-0.2, -0.15) is 4.91 Å². The van der Waals surface area contributed by atoms with E-state index in [2.05, 4.69) is 5.18 Å². The highest BCUT2D eigenvalue weighted by atomic mass is 32.2. The molecule has 0 heterocycles. The monoisotopic (exact) mass is 305 g/mol. The molecule has 0 saturated heterocycles. The summed E-state index contributed by atoms with van der Waals surface area (Å²) < 4.78 is 40.5. The van der Waals surface area contributed by atoms with Gasteiger partial charge in [0.25, 0.3) is 0 Å². The average Bonchev–Trinajstić information content (AvgIpc) is 2.27. The van der Waals surface area contributed by atoms with E-state index in [9.17, 15) is 17.9 Å². The van der Waals surface area contributed by atoms with Gasteiger partial charge in [-0.25, -0.2) is 8.42 Å². The highest BCUT2D eigenvalue weighted by Gasteiger charge is 2.22. The van der Waals surface area contributed by atoms with Gasteiger partial charge in [-0.15, -0.1) is 0 Å². The van der Waals surface area contributed by atoms with Crippen molar-refractivity contribution in [3.8, 4) is 0 Å². The first-order valence-corrected chi connectivity index (χ1v) is 7.62. The molecule has 1 aromatic rings. The van der Waals surface area contributed by atoms with Crippen LogP contribution in [0.25, 0.3) is 0 Å². The summed E-state index contributed by atoms with van der Waals surface area (Å²) in [6.45, 7) is 3.71. The van der Waals surface area contributed by atoms with Crippen molar-refractivity contribution in [1.29, 1.82) is 0 Å². The van der Waals surface area contributed by atoms with Gasteiger partial charge in [0.2, 0.25) is 0 Å². The highest BCUT2D eigenvalue weighted by Crippen LogP contribution is 2.27. The predicted molar refractivity (Wildman–Crippen MR) is 72.7 cm³/mol. The third kappa shape index (κ3) is 4.57. The molecule has 2 atom stereocenters. The molecule has 0 aliphatic carbocycles. The van der Waals surface area contributed by atoms with Crippen LogP contribution in [0.3, 0.4) is 0 Å². The lowest BCUT2D eigenvalue weighted by Gasteiger charge is -2.22. The molecular formula is C11H15NO5S2. The molecule has 0 spiro atoms. The summed E-state index contributed by atoms with van der Waals surface area (Å²) in [4.78, 5) is 10.5. The fourth-order valence-electron chi connectivity index (χ4n) is 1.70. The van der Waals surface area contributed by atoms with Crippen LogP contribution in [0.4, 0.5) is 0 Å². The highest BCUT2D eigenvalue weighted by molar-refractivity contribution is 7.80. The summed E-state index contributed by atoms with van der Waals surface area (Å²) in [6, 6.07) is 4.18. The number of benzene rings is 1. The van der Waals surface area contributed by atoms with Gasteiger partial charge in [0.15, 0.2) is 22.2 Å². The standard InChI is InChI=1S/C11H15NO5S2/c1-11(2,7-12-13)6-8-3-4-9(18(14)15)5-10(8)19(16)17/h3-5H,6-7H2,1-2H3,(H,14,15)(H,16,17). The Morgan fingerprint density at radius 1 is 1.21 bits per heavy atom. The molecule has 0 aliphatic heterocycles. The molecule has 0 aliphatic rings. The van der Waals surface area contributed by atoms with Crippen LogP contribution in [0.2, 0.25) is 0 Å². The lowest BCUT2D eigenvalue weighted by molar-refractivity contribution is 0.373. The van der Waals surface area contributed by atoms with Crippen molar-refractivity contribution in [3.05, 3.63) is 28.7 Å². The smallest absolute Gasteiger partial charge is 0.186 e. The molecule has 2 unspecified atom stereocenters. The Bertz CT molecular complexity index is 530. The van der Waals surface area contributed by atoms with E-state index in [0.29, 0.717) is 12.0 Å². The molecule has 1 aromatic carbocycles. The summed E-state index contributed by atoms with van der Waals surface area (Å²) in [6.07, 6.45) is 0.374. The van der Waals surface area contributed by atoms with E-state index in [4.69, 9.17) is 4.55 Å². The quantitative estimate of drug-likeness (QED) is 0.619. The Hall–Kier alpha value is -0.960. The van der Waals surface area contributed by atoms with E-state index in [0.717, 1.165) is 0 Å². The summed E-state index contributed by atoms with van der Waals surface area (Å²) in [7, 11) is 0. The third-order valence-corrected chi connectivity index (χ3v) is 4.00. The first-order valence-electron chi connectivity index (χ1n) is 5.40. The van der Waals surface area contributed by atoms with Crippen LogP contribution in [-0.4, -0.2) is 24.1 Å². The number of hydrogen-bond acceptors (Lipinski definition) is 4. The van der Waals surface area contributed by atoms with Gasteiger partial charge >= 0.3 is 0 Å². The molecule has 106 valence electrons. The Labute approximate surface area is 116 Å². The van der Waals surface area contributed by atoms with Gasteiger partial charge in [-0.1, -0.05) is 25.1 Å². The second kappa shape index (κ2) is 6.47. The molecule has 0 radical (unpaired) electrons. The summed E-state index contributed by atoms with van der Waals surface area (Å²) in [5.74, 6) is 0. The number of nitrogens with zero attached hydrogens (tertiary/aromatic N) is 1. The minimum Gasteiger partial charge on any atom is -0.302 e. The zero-order valence-corrected chi connectivity index (χ0v) is 12.2. The van der Waals surface area contributed by atoms with Crippen molar-refractivity contribution in [2.24, 2.45) is 10.6 Å². The fourth-order valence-corrected chi connectivity index (χ4v) is 2.77. The van der Waals surface area contributed by atoms with Crippen LogP contribution in [0.1, 0.15) is 19.4 Å². The molecule has 1 rings (SSSR count). The lowest BCUT2D eigenvalue weighted by atomic mass is 9.86. The van der Waals surface area contributed by atoms with Crippen LogP contribution in [0.5, 0.6) is 0 Å².